The molecule has 0 bridgehead atoms. The van der Waals surface area contributed by atoms with Crippen molar-refractivity contribution in [3.8, 4) is 0 Å². The summed E-state index contributed by atoms with van der Waals surface area (Å²) in [7, 11) is 0. The van der Waals surface area contributed by atoms with Gasteiger partial charge < -0.3 is 15.7 Å². The number of alkyl halides is 3. The number of hydrogen-bond acceptors (Lipinski definition) is 3. The highest BCUT2D eigenvalue weighted by Crippen LogP contribution is 2.30. The zero-order chi connectivity index (χ0) is 18.5. The minimum atomic E-state index is -4.45. The third-order valence-electron chi connectivity index (χ3n) is 3.54. The predicted octanol–water partition coefficient (Wildman–Crippen LogP) is 2.16. The van der Waals surface area contributed by atoms with Crippen molar-refractivity contribution in [2.24, 2.45) is 0 Å². The van der Waals surface area contributed by atoms with E-state index in [1.54, 1.807) is 6.92 Å². The van der Waals surface area contributed by atoms with Crippen molar-refractivity contribution >= 4 is 11.8 Å². The molecule has 0 radical (unpaired) electrons. The highest BCUT2D eigenvalue weighted by molar-refractivity contribution is 5.86. The van der Waals surface area contributed by atoms with Crippen LogP contribution in [0.15, 0.2) is 24.3 Å². The van der Waals surface area contributed by atoms with E-state index in [-0.39, 0.29) is 11.5 Å². The van der Waals surface area contributed by atoms with Gasteiger partial charge in [-0.15, -0.1) is 0 Å². The summed E-state index contributed by atoms with van der Waals surface area (Å²) in [4.78, 5) is 22.9. The molecule has 0 aromatic heterocycles. The quantitative estimate of drug-likeness (QED) is 0.739. The summed E-state index contributed by atoms with van der Waals surface area (Å²) in [6, 6.07) is 2.65. The van der Waals surface area contributed by atoms with Gasteiger partial charge >= 0.3 is 6.18 Å². The smallest absolute Gasteiger partial charge is 0.386 e. The minimum absolute atomic E-state index is 0.266. The van der Waals surface area contributed by atoms with E-state index in [0.717, 1.165) is 12.1 Å². The number of amides is 2. The van der Waals surface area contributed by atoms with Gasteiger partial charge in [-0.2, -0.15) is 13.2 Å². The first-order valence-electron chi connectivity index (χ1n) is 7.49. The molecular formula is C16H21F3N2O3. The molecule has 0 saturated carbocycles. The Hall–Kier alpha value is -2.09. The maximum absolute atomic E-state index is 12.6. The minimum Gasteiger partial charge on any atom is -0.386 e. The Morgan fingerprint density at radius 3 is 2.12 bits per heavy atom. The molecule has 24 heavy (non-hydrogen) atoms. The lowest BCUT2D eigenvalue weighted by molar-refractivity contribution is -0.137. The molecule has 3 unspecified atom stereocenters. The van der Waals surface area contributed by atoms with Gasteiger partial charge in [0.15, 0.2) is 0 Å². The molecule has 0 aliphatic carbocycles. The van der Waals surface area contributed by atoms with Crippen molar-refractivity contribution in [3.63, 3.8) is 0 Å². The van der Waals surface area contributed by atoms with E-state index in [1.165, 1.54) is 26.0 Å². The Morgan fingerprint density at radius 1 is 1.17 bits per heavy atom. The number of aliphatic hydroxyl groups is 1. The topological polar surface area (TPSA) is 78.4 Å². The largest absolute Gasteiger partial charge is 0.416 e. The zero-order valence-electron chi connectivity index (χ0n) is 13.6. The highest BCUT2D eigenvalue weighted by Gasteiger charge is 2.31. The molecule has 8 heteroatoms. The maximum atomic E-state index is 12.6. The Labute approximate surface area is 138 Å². The summed E-state index contributed by atoms with van der Waals surface area (Å²) in [5.74, 6) is -0.850. The van der Waals surface area contributed by atoms with Crippen LogP contribution < -0.4 is 10.6 Å². The number of hydrogen-bond donors (Lipinski definition) is 3. The van der Waals surface area contributed by atoms with Gasteiger partial charge in [0.1, 0.15) is 6.04 Å². The average molecular weight is 346 g/mol. The molecule has 0 heterocycles. The molecule has 0 saturated heterocycles. The van der Waals surface area contributed by atoms with Gasteiger partial charge in [0.05, 0.1) is 17.7 Å². The monoisotopic (exact) mass is 346 g/mol. The van der Waals surface area contributed by atoms with Crippen molar-refractivity contribution < 1.29 is 27.9 Å². The zero-order valence-corrected chi connectivity index (χ0v) is 13.6. The molecule has 5 nitrogen and oxygen atoms in total. The summed E-state index contributed by atoms with van der Waals surface area (Å²) < 4.78 is 37.7. The summed E-state index contributed by atoms with van der Waals surface area (Å²) in [6.07, 6.45) is -5.25. The van der Waals surface area contributed by atoms with E-state index >= 15 is 0 Å². The normalized spacial score (nSPS) is 15.3. The molecule has 3 atom stereocenters. The third kappa shape index (κ3) is 5.52. The highest BCUT2D eigenvalue weighted by atomic mass is 19.4. The van der Waals surface area contributed by atoms with E-state index < -0.39 is 35.8 Å². The summed E-state index contributed by atoms with van der Waals surface area (Å²) in [5, 5.41) is 15.3. The lowest BCUT2D eigenvalue weighted by Crippen LogP contribution is -2.49. The van der Waals surface area contributed by atoms with Crippen LogP contribution in [0.4, 0.5) is 13.2 Å². The number of carbonyl (C=O) groups excluding carboxylic acids is 2. The number of aliphatic hydroxyl groups excluding tert-OH is 1. The summed E-state index contributed by atoms with van der Waals surface area (Å²) in [6.45, 7) is 4.49. The SMILES string of the molecule is CCC(NC(=O)C(C)NC(C)=O)C(O)c1ccc(C(F)(F)F)cc1. The molecule has 1 rings (SSSR count). The van der Waals surface area contributed by atoms with Crippen LogP contribution in [0.3, 0.4) is 0 Å². The average Bonchev–Trinajstić information content (AvgIpc) is 2.50. The van der Waals surface area contributed by atoms with Gasteiger partial charge in [0.25, 0.3) is 0 Å². The second-order valence-corrected chi connectivity index (χ2v) is 5.51. The lowest BCUT2D eigenvalue weighted by atomic mass is 9.98. The first-order valence-corrected chi connectivity index (χ1v) is 7.49. The molecular weight excluding hydrogens is 325 g/mol. The number of nitrogens with one attached hydrogen (secondary N) is 2. The Kier molecular flexibility index (Phi) is 6.77. The molecule has 1 aromatic carbocycles. The molecule has 3 N–H and O–H groups in total. The fraction of sp³-hybridized carbons (Fsp3) is 0.500. The van der Waals surface area contributed by atoms with Crippen LogP contribution in [-0.2, 0) is 15.8 Å². The van der Waals surface area contributed by atoms with Gasteiger partial charge in [-0.25, -0.2) is 0 Å². The Balaban J connectivity index is 2.81. The fourth-order valence-electron chi connectivity index (χ4n) is 2.18. The van der Waals surface area contributed by atoms with Crippen LogP contribution in [0.5, 0.6) is 0 Å². The molecule has 134 valence electrons. The second kappa shape index (κ2) is 8.14. The fourth-order valence-corrected chi connectivity index (χ4v) is 2.18. The first-order chi connectivity index (χ1) is 11.1. The van der Waals surface area contributed by atoms with Gasteiger partial charge in [-0.05, 0) is 31.0 Å². The molecule has 0 aliphatic rings. The number of carbonyl (C=O) groups is 2. The van der Waals surface area contributed by atoms with Gasteiger partial charge in [-0.3, -0.25) is 9.59 Å². The Morgan fingerprint density at radius 2 is 1.71 bits per heavy atom. The van der Waals surface area contributed by atoms with E-state index in [2.05, 4.69) is 10.6 Å². The van der Waals surface area contributed by atoms with Crippen LogP contribution in [0.2, 0.25) is 0 Å². The number of rotatable bonds is 6. The first kappa shape index (κ1) is 20.0. The predicted molar refractivity (Wildman–Crippen MR) is 81.9 cm³/mol. The van der Waals surface area contributed by atoms with E-state index in [0.29, 0.717) is 6.42 Å². The van der Waals surface area contributed by atoms with E-state index in [9.17, 15) is 27.9 Å². The summed E-state index contributed by atoms with van der Waals surface area (Å²) in [5.41, 5.74) is -0.544. The lowest BCUT2D eigenvalue weighted by Gasteiger charge is -2.25. The van der Waals surface area contributed by atoms with Crippen molar-refractivity contribution in [1.29, 1.82) is 0 Å². The van der Waals surface area contributed by atoms with Crippen LogP contribution in [-0.4, -0.2) is 29.0 Å². The maximum Gasteiger partial charge on any atom is 0.416 e. The van der Waals surface area contributed by atoms with E-state index in [1.807, 2.05) is 0 Å². The van der Waals surface area contributed by atoms with Crippen molar-refractivity contribution in [2.45, 2.75) is 51.6 Å². The molecule has 1 aromatic rings. The van der Waals surface area contributed by atoms with Crippen LogP contribution >= 0.6 is 0 Å². The number of halogens is 3. The van der Waals surface area contributed by atoms with Crippen molar-refractivity contribution in [1.82, 2.24) is 10.6 Å². The summed E-state index contributed by atoms with van der Waals surface area (Å²) >= 11 is 0. The van der Waals surface area contributed by atoms with Gasteiger partial charge in [0.2, 0.25) is 11.8 Å². The van der Waals surface area contributed by atoms with E-state index in [4.69, 9.17) is 0 Å². The third-order valence-corrected chi connectivity index (χ3v) is 3.54. The standard InChI is InChI=1S/C16H21F3N2O3/c1-4-13(21-15(24)9(2)20-10(3)22)14(23)11-5-7-12(8-6-11)16(17,18)19/h5-9,13-14,23H,4H2,1-3H3,(H,20,22)(H,21,24). The van der Waals surface area contributed by atoms with Gasteiger partial charge in [0, 0.05) is 6.92 Å². The molecule has 0 spiro atoms. The van der Waals surface area contributed by atoms with Crippen molar-refractivity contribution in [3.05, 3.63) is 35.4 Å². The Bertz CT molecular complexity index is 573. The second-order valence-electron chi connectivity index (χ2n) is 5.51. The van der Waals surface area contributed by atoms with Crippen molar-refractivity contribution in [2.75, 3.05) is 0 Å². The molecule has 0 aliphatic heterocycles. The van der Waals surface area contributed by atoms with Crippen LogP contribution in [0, 0.1) is 0 Å². The van der Waals surface area contributed by atoms with Crippen LogP contribution in [0.1, 0.15) is 44.4 Å². The number of benzene rings is 1. The molecule has 2 amide bonds. The van der Waals surface area contributed by atoms with Gasteiger partial charge in [-0.1, -0.05) is 19.1 Å². The van der Waals surface area contributed by atoms with Crippen LogP contribution in [0.25, 0.3) is 0 Å². The molecule has 0 fully saturated rings.